The molecule has 0 atom stereocenters. The van der Waals surface area contributed by atoms with Crippen molar-refractivity contribution in [2.75, 3.05) is 28.6 Å². The maximum absolute atomic E-state index is 14.4. The van der Waals surface area contributed by atoms with Crippen LogP contribution in [-0.2, 0) is 0 Å². The SMILES string of the molecule is Cc1ccc(NC(=O)Nc2cc(-c3cccc(F)c3C(=O)O)ccc2N(CC(C)C)CC(C)C)cc1. The van der Waals surface area contributed by atoms with E-state index in [1.54, 1.807) is 18.2 Å². The number of benzene rings is 3. The molecule has 0 bridgehead atoms. The molecule has 0 fully saturated rings. The maximum Gasteiger partial charge on any atom is 0.339 e. The number of hydrogen-bond donors (Lipinski definition) is 3. The molecule has 3 aromatic carbocycles. The Kier molecular flexibility index (Phi) is 8.69. The van der Waals surface area contributed by atoms with Gasteiger partial charge in [0.1, 0.15) is 11.4 Å². The molecular weight excluding hydrogens is 457 g/mol. The number of aryl methyl sites for hydroxylation is 1. The molecule has 0 aliphatic rings. The number of carboxylic acid groups (broad SMARTS) is 1. The van der Waals surface area contributed by atoms with Crippen molar-refractivity contribution in [2.45, 2.75) is 34.6 Å². The van der Waals surface area contributed by atoms with Gasteiger partial charge in [-0.1, -0.05) is 63.6 Å². The highest BCUT2D eigenvalue weighted by atomic mass is 19.1. The number of nitrogens with one attached hydrogen (secondary N) is 2. The lowest BCUT2D eigenvalue weighted by Crippen LogP contribution is -2.32. The van der Waals surface area contributed by atoms with Crippen molar-refractivity contribution in [3.8, 4) is 11.1 Å². The van der Waals surface area contributed by atoms with E-state index >= 15 is 0 Å². The fourth-order valence-electron chi connectivity index (χ4n) is 4.14. The number of rotatable bonds is 9. The van der Waals surface area contributed by atoms with Crippen LogP contribution in [0.15, 0.2) is 60.7 Å². The first-order valence-corrected chi connectivity index (χ1v) is 12.1. The van der Waals surface area contributed by atoms with Crippen molar-refractivity contribution in [1.82, 2.24) is 0 Å². The third-order valence-corrected chi connectivity index (χ3v) is 5.60. The van der Waals surface area contributed by atoms with Gasteiger partial charge >= 0.3 is 12.0 Å². The summed E-state index contributed by atoms with van der Waals surface area (Å²) in [5.41, 5.74) is 3.40. The van der Waals surface area contributed by atoms with E-state index in [-0.39, 0.29) is 5.56 Å². The van der Waals surface area contributed by atoms with E-state index in [4.69, 9.17) is 0 Å². The van der Waals surface area contributed by atoms with Crippen LogP contribution in [0.3, 0.4) is 0 Å². The van der Waals surface area contributed by atoms with Crippen LogP contribution in [0.2, 0.25) is 0 Å². The van der Waals surface area contributed by atoms with E-state index in [0.717, 1.165) is 30.4 Å². The topological polar surface area (TPSA) is 81.7 Å². The van der Waals surface area contributed by atoms with Crippen LogP contribution in [0.5, 0.6) is 0 Å². The molecule has 0 aliphatic heterocycles. The molecule has 0 unspecified atom stereocenters. The van der Waals surface area contributed by atoms with Gasteiger partial charge < -0.3 is 20.6 Å². The van der Waals surface area contributed by atoms with Gasteiger partial charge in [-0.2, -0.15) is 0 Å². The van der Waals surface area contributed by atoms with Gasteiger partial charge in [0.05, 0.1) is 11.4 Å². The van der Waals surface area contributed by atoms with Crippen molar-refractivity contribution in [1.29, 1.82) is 0 Å². The average molecular weight is 492 g/mol. The monoisotopic (exact) mass is 491 g/mol. The Hall–Kier alpha value is -3.87. The lowest BCUT2D eigenvalue weighted by Gasteiger charge is -2.31. The predicted molar refractivity (Wildman–Crippen MR) is 145 cm³/mol. The quantitative estimate of drug-likeness (QED) is 0.294. The minimum atomic E-state index is -1.35. The van der Waals surface area contributed by atoms with Crippen LogP contribution >= 0.6 is 0 Å². The minimum absolute atomic E-state index is 0.246. The molecular formula is C29H34FN3O3. The van der Waals surface area contributed by atoms with Crippen molar-refractivity contribution < 1.29 is 19.1 Å². The molecule has 3 N–H and O–H groups in total. The second-order valence-electron chi connectivity index (χ2n) is 9.84. The van der Waals surface area contributed by atoms with Crippen LogP contribution in [0.4, 0.5) is 26.2 Å². The molecule has 2 amide bonds. The molecule has 0 aliphatic carbocycles. The van der Waals surface area contributed by atoms with Gasteiger partial charge in [-0.3, -0.25) is 0 Å². The minimum Gasteiger partial charge on any atom is -0.478 e. The summed E-state index contributed by atoms with van der Waals surface area (Å²) < 4.78 is 14.4. The van der Waals surface area contributed by atoms with Crippen LogP contribution < -0.4 is 15.5 Å². The van der Waals surface area contributed by atoms with Crippen molar-refractivity contribution in [3.05, 3.63) is 77.6 Å². The molecule has 190 valence electrons. The zero-order valence-electron chi connectivity index (χ0n) is 21.4. The van der Waals surface area contributed by atoms with E-state index in [2.05, 4.69) is 43.2 Å². The Morgan fingerprint density at radius 3 is 2.14 bits per heavy atom. The lowest BCUT2D eigenvalue weighted by molar-refractivity contribution is 0.0692. The second-order valence-corrected chi connectivity index (χ2v) is 9.84. The summed E-state index contributed by atoms with van der Waals surface area (Å²) in [6.45, 7) is 12.0. The molecule has 0 saturated heterocycles. The molecule has 6 nitrogen and oxygen atoms in total. The van der Waals surface area contributed by atoms with Crippen molar-refractivity contribution >= 4 is 29.1 Å². The first-order chi connectivity index (χ1) is 17.0. The maximum atomic E-state index is 14.4. The van der Waals surface area contributed by atoms with Gasteiger partial charge in [-0.25, -0.2) is 14.0 Å². The van der Waals surface area contributed by atoms with Gasteiger partial charge in [0, 0.05) is 18.8 Å². The highest BCUT2D eigenvalue weighted by Gasteiger charge is 2.21. The summed E-state index contributed by atoms with van der Waals surface area (Å²) in [5.74, 6) is -1.41. The molecule has 3 rings (SSSR count). The van der Waals surface area contributed by atoms with Crippen molar-refractivity contribution in [3.63, 3.8) is 0 Å². The summed E-state index contributed by atoms with van der Waals surface area (Å²) in [6, 6.07) is 16.5. The van der Waals surface area contributed by atoms with Gasteiger partial charge in [-0.15, -0.1) is 0 Å². The fourth-order valence-corrected chi connectivity index (χ4v) is 4.14. The molecule has 0 heterocycles. The van der Waals surface area contributed by atoms with Crippen LogP contribution in [-0.4, -0.2) is 30.2 Å². The number of amides is 2. The van der Waals surface area contributed by atoms with Crippen molar-refractivity contribution in [2.24, 2.45) is 11.8 Å². The third-order valence-electron chi connectivity index (χ3n) is 5.60. The van der Waals surface area contributed by atoms with E-state index in [1.807, 2.05) is 37.3 Å². The van der Waals surface area contributed by atoms with E-state index in [0.29, 0.717) is 28.8 Å². The molecule has 0 spiro atoms. The highest BCUT2D eigenvalue weighted by Crippen LogP contribution is 2.35. The number of nitrogens with zero attached hydrogens (tertiary/aromatic N) is 1. The standard InChI is InChI=1S/C29H34FN3O3/c1-18(2)16-33(17-19(3)4)26-14-11-21(23-7-6-8-24(30)27(23)28(34)35)15-25(26)32-29(36)31-22-12-9-20(5)10-13-22/h6-15,18-19H,16-17H2,1-5H3,(H,34,35)(H2,31,32,36). The zero-order valence-corrected chi connectivity index (χ0v) is 21.4. The van der Waals surface area contributed by atoms with Crippen LogP contribution in [0.25, 0.3) is 11.1 Å². The Labute approximate surface area is 212 Å². The first kappa shape index (κ1) is 26.7. The second kappa shape index (κ2) is 11.7. The number of carbonyl (C=O) groups is 2. The lowest BCUT2D eigenvalue weighted by atomic mass is 9.97. The Balaban J connectivity index is 2.06. The van der Waals surface area contributed by atoms with Gasteiger partial charge in [0.25, 0.3) is 0 Å². The number of carboxylic acids is 1. The Morgan fingerprint density at radius 1 is 0.917 bits per heavy atom. The number of carbonyl (C=O) groups excluding carboxylic acids is 1. The highest BCUT2D eigenvalue weighted by molar-refractivity contribution is 6.03. The summed E-state index contributed by atoms with van der Waals surface area (Å²) in [5, 5.41) is 15.4. The predicted octanol–water partition coefficient (Wildman–Crippen LogP) is 7.26. The normalized spacial score (nSPS) is 11.0. The third kappa shape index (κ3) is 6.84. The number of urea groups is 1. The molecule has 7 heteroatoms. The number of anilines is 3. The zero-order chi connectivity index (χ0) is 26.4. The van der Waals surface area contributed by atoms with E-state index in [9.17, 15) is 19.1 Å². The molecule has 36 heavy (non-hydrogen) atoms. The Morgan fingerprint density at radius 2 is 1.56 bits per heavy atom. The van der Waals surface area contributed by atoms with Crippen LogP contribution in [0.1, 0.15) is 43.6 Å². The molecule has 3 aromatic rings. The largest absolute Gasteiger partial charge is 0.478 e. The van der Waals surface area contributed by atoms with Crippen LogP contribution in [0, 0.1) is 24.6 Å². The van der Waals surface area contributed by atoms with E-state index < -0.39 is 23.4 Å². The molecule has 0 aromatic heterocycles. The summed E-state index contributed by atoms with van der Waals surface area (Å²) in [6.07, 6.45) is 0. The number of aromatic carboxylic acids is 1. The summed E-state index contributed by atoms with van der Waals surface area (Å²) in [4.78, 5) is 27.0. The summed E-state index contributed by atoms with van der Waals surface area (Å²) >= 11 is 0. The fraction of sp³-hybridized carbons (Fsp3) is 0.310. The molecule has 0 radical (unpaired) electrons. The van der Waals surface area contributed by atoms with Gasteiger partial charge in [0.2, 0.25) is 0 Å². The Bertz CT molecular complexity index is 1210. The van der Waals surface area contributed by atoms with Gasteiger partial charge in [-0.05, 0) is 60.2 Å². The number of hydrogen-bond acceptors (Lipinski definition) is 3. The van der Waals surface area contributed by atoms with E-state index in [1.165, 1.54) is 6.07 Å². The number of halogens is 1. The first-order valence-electron chi connectivity index (χ1n) is 12.1. The summed E-state index contributed by atoms with van der Waals surface area (Å²) in [7, 11) is 0. The smallest absolute Gasteiger partial charge is 0.339 e. The van der Waals surface area contributed by atoms with Gasteiger partial charge in [0.15, 0.2) is 0 Å². The molecule has 0 saturated carbocycles. The average Bonchev–Trinajstić information content (AvgIpc) is 2.79.